The SMILES string of the molecule is CCC1=NN(C(=O)c2ccc(OC)cc2)C(O)(c2cccc(OC)c2)C1. The van der Waals surface area contributed by atoms with E-state index in [-0.39, 0.29) is 12.3 Å². The van der Waals surface area contributed by atoms with Crippen LogP contribution in [-0.4, -0.2) is 36.0 Å². The Kier molecular flexibility index (Phi) is 4.95. The number of carbonyl (C=O) groups is 1. The third kappa shape index (κ3) is 3.15. The highest BCUT2D eigenvalue weighted by Crippen LogP contribution is 2.38. The molecule has 1 heterocycles. The molecule has 1 aliphatic heterocycles. The summed E-state index contributed by atoms with van der Waals surface area (Å²) in [5, 5.41) is 16.9. The zero-order chi connectivity index (χ0) is 18.7. The second-order valence-corrected chi connectivity index (χ2v) is 6.09. The van der Waals surface area contributed by atoms with Crippen molar-refractivity contribution in [2.24, 2.45) is 5.10 Å². The molecule has 2 aromatic rings. The van der Waals surface area contributed by atoms with Crippen molar-refractivity contribution in [3.8, 4) is 11.5 Å². The number of rotatable bonds is 5. The molecule has 1 amide bonds. The van der Waals surface area contributed by atoms with Gasteiger partial charge >= 0.3 is 0 Å². The van der Waals surface area contributed by atoms with Gasteiger partial charge in [0.1, 0.15) is 11.5 Å². The van der Waals surface area contributed by atoms with E-state index in [0.29, 0.717) is 29.0 Å². The zero-order valence-corrected chi connectivity index (χ0v) is 15.1. The van der Waals surface area contributed by atoms with Crippen LogP contribution in [0.15, 0.2) is 53.6 Å². The van der Waals surface area contributed by atoms with Gasteiger partial charge in [-0.15, -0.1) is 0 Å². The van der Waals surface area contributed by atoms with Gasteiger partial charge in [-0.3, -0.25) is 4.79 Å². The van der Waals surface area contributed by atoms with Crippen LogP contribution in [0.4, 0.5) is 0 Å². The van der Waals surface area contributed by atoms with E-state index in [4.69, 9.17) is 9.47 Å². The number of nitrogens with zero attached hydrogens (tertiary/aromatic N) is 2. The van der Waals surface area contributed by atoms with Crippen LogP contribution in [0, 0.1) is 0 Å². The van der Waals surface area contributed by atoms with Gasteiger partial charge in [0, 0.05) is 23.3 Å². The largest absolute Gasteiger partial charge is 0.497 e. The first kappa shape index (κ1) is 17.9. The predicted octanol–water partition coefficient (Wildman–Crippen LogP) is 3.16. The first-order chi connectivity index (χ1) is 12.5. The number of carbonyl (C=O) groups excluding carboxylic acids is 1. The van der Waals surface area contributed by atoms with E-state index in [0.717, 1.165) is 5.71 Å². The lowest BCUT2D eigenvalue weighted by molar-refractivity contribution is -0.0766. The predicted molar refractivity (Wildman–Crippen MR) is 98.4 cm³/mol. The molecule has 0 radical (unpaired) electrons. The van der Waals surface area contributed by atoms with Crippen LogP contribution < -0.4 is 9.47 Å². The minimum absolute atomic E-state index is 0.262. The molecule has 136 valence electrons. The molecular formula is C20H22N2O4. The van der Waals surface area contributed by atoms with Crippen molar-refractivity contribution in [1.82, 2.24) is 5.01 Å². The van der Waals surface area contributed by atoms with Crippen LogP contribution in [0.1, 0.15) is 35.7 Å². The maximum absolute atomic E-state index is 13.0. The van der Waals surface area contributed by atoms with Crippen molar-refractivity contribution in [2.75, 3.05) is 14.2 Å². The molecule has 2 aromatic carbocycles. The van der Waals surface area contributed by atoms with Crippen LogP contribution >= 0.6 is 0 Å². The highest BCUT2D eigenvalue weighted by molar-refractivity contribution is 5.98. The fourth-order valence-corrected chi connectivity index (χ4v) is 2.98. The van der Waals surface area contributed by atoms with Gasteiger partial charge in [-0.2, -0.15) is 10.1 Å². The summed E-state index contributed by atoms with van der Waals surface area (Å²) in [6, 6.07) is 13.8. The Bertz CT molecular complexity index is 832. The summed E-state index contributed by atoms with van der Waals surface area (Å²) in [5.74, 6) is 0.892. The molecule has 1 aliphatic rings. The van der Waals surface area contributed by atoms with Crippen LogP contribution in [0.3, 0.4) is 0 Å². The molecule has 6 nitrogen and oxygen atoms in total. The fourth-order valence-electron chi connectivity index (χ4n) is 2.98. The summed E-state index contributed by atoms with van der Waals surface area (Å²) in [6.45, 7) is 1.95. The molecule has 0 fully saturated rings. The monoisotopic (exact) mass is 354 g/mol. The third-order valence-corrected chi connectivity index (χ3v) is 4.51. The topological polar surface area (TPSA) is 71.4 Å². The molecule has 0 saturated carbocycles. The smallest absolute Gasteiger partial charge is 0.276 e. The van der Waals surface area contributed by atoms with E-state index in [1.54, 1.807) is 62.8 Å². The lowest BCUT2D eigenvalue weighted by Gasteiger charge is -2.31. The van der Waals surface area contributed by atoms with Gasteiger partial charge in [-0.25, -0.2) is 0 Å². The molecule has 3 rings (SSSR count). The molecule has 0 aliphatic carbocycles. The van der Waals surface area contributed by atoms with Gasteiger partial charge in [-0.05, 0) is 42.8 Å². The van der Waals surface area contributed by atoms with Gasteiger partial charge in [0.2, 0.25) is 0 Å². The number of hydrazone groups is 1. The molecular weight excluding hydrogens is 332 g/mol. The first-order valence-electron chi connectivity index (χ1n) is 8.43. The Hall–Kier alpha value is -2.86. The second-order valence-electron chi connectivity index (χ2n) is 6.09. The number of aliphatic hydroxyl groups is 1. The minimum atomic E-state index is -1.54. The number of methoxy groups -OCH3 is 2. The molecule has 0 spiro atoms. The van der Waals surface area contributed by atoms with Crippen LogP contribution in [0.2, 0.25) is 0 Å². The number of hydrogen-bond donors (Lipinski definition) is 1. The average Bonchev–Trinajstić information content (AvgIpc) is 3.05. The third-order valence-electron chi connectivity index (χ3n) is 4.51. The van der Waals surface area contributed by atoms with Crippen molar-refractivity contribution in [1.29, 1.82) is 0 Å². The van der Waals surface area contributed by atoms with E-state index in [2.05, 4.69) is 5.10 Å². The van der Waals surface area contributed by atoms with Crippen LogP contribution in [0.25, 0.3) is 0 Å². The molecule has 0 saturated heterocycles. The van der Waals surface area contributed by atoms with E-state index in [1.165, 1.54) is 5.01 Å². The van der Waals surface area contributed by atoms with Crippen molar-refractivity contribution >= 4 is 11.6 Å². The van der Waals surface area contributed by atoms with Gasteiger partial charge in [-0.1, -0.05) is 19.1 Å². The summed E-state index contributed by atoms with van der Waals surface area (Å²) in [5.41, 5.74) is 0.202. The van der Waals surface area contributed by atoms with Crippen molar-refractivity contribution < 1.29 is 19.4 Å². The fraction of sp³-hybridized carbons (Fsp3) is 0.300. The van der Waals surface area contributed by atoms with Crippen LogP contribution in [0.5, 0.6) is 11.5 Å². The Balaban J connectivity index is 2.00. The summed E-state index contributed by atoms with van der Waals surface area (Å²) in [4.78, 5) is 13.0. The summed E-state index contributed by atoms with van der Waals surface area (Å²) >= 11 is 0. The quantitative estimate of drug-likeness (QED) is 0.895. The normalized spacial score (nSPS) is 19.2. The van der Waals surface area contributed by atoms with E-state index in [9.17, 15) is 9.90 Å². The lowest BCUT2D eigenvalue weighted by atomic mass is 9.96. The Labute approximate surface area is 152 Å². The van der Waals surface area contributed by atoms with Gasteiger partial charge < -0.3 is 14.6 Å². The number of benzene rings is 2. The molecule has 1 atom stereocenters. The van der Waals surface area contributed by atoms with Crippen molar-refractivity contribution in [3.05, 3.63) is 59.7 Å². The minimum Gasteiger partial charge on any atom is -0.497 e. The van der Waals surface area contributed by atoms with Gasteiger partial charge in [0.15, 0.2) is 5.72 Å². The maximum Gasteiger partial charge on any atom is 0.276 e. The average molecular weight is 354 g/mol. The number of ether oxygens (including phenoxy) is 2. The summed E-state index contributed by atoms with van der Waals surface area (Å²) in [7, 11) is 3.13. The molecule has 1 N–H and O–H groups in total. The highest BCUT2D eigenvalue weighted by Gasteiger charge is 2.45. The maximum atomic E-state index is 13.0. The second kappa shape index (κ2) is 7.17. The molecule has 6 heteroatoms. The van der Waals surface area contributed by atoms with Crippen molar-refractivity contribution in [2.45, 2.75) is 25.5 Å². The van der Waals surface area contributed by atoms with Crippen LogP contribution in [-0.2, 0) is 5.72 Å². The molecule has 0 bridgehead atoms. The van der Waals surface area contributed by atoms with Crippen molar-refractivity contribution in [3.63, 3.8) is 0 Å². The Morgan fingerprint density at radius 3 is 2.46 bits per heavy atom. The van der Waals surface area contributed by atoms with E-state index in [1.807, 2.05) is 6.92 Å². The Morgan fingerprint density at radius 1 is 1.15 bits per heavy atom. The molecule has 0 aromatic heterocycles. The zero-order valence-electron chi connectivity index (χ0n) is 15.1. The number of amides is 1. The number of hydrogen-bond acceptors (Lipinski definition) is 5. The van der Waals surface area contributed by atoms with Gasteiger partial charge in [0.05, 0.1) is 14.2 Å². The molecule has 1 unspecified atom stereocenters. The van der Waals surface area contributed by atoms with E-state index < -0.39 is 5.72 Å². The van der Waals surface area contributed by atoms with E-state index >= 15 is 0 Å². The highest BCUT2D eigenvalue weighted by atomic mass is 16.5. The molecule has 26 heavy (non-hydrogen) atoms. The van der Waals surface area contributed by atoms with Gasteiger partial charge in [0.25, 0.3) is 5.91 Å². The standard InChI is InChI=1S/C20H22N2O4/c1-4-16-13-20(24,15-6-5-7-18(12-15)26-3)22(21-16)19(23)14-8-10-17(25-2)11-9-14/h5-12,24H,4,13H2,1-3H3. The first-order valence-corrected chi connectivity index (χ1v) is 8.43. The Morgan fingerprint density at radius 2 is 1.85 bits per heavy atom. The lowest BCUT2D eigenvalue weighted by Crippen LogP contribution is -2.43. The summed E-state index contributed by atoms with van der Waals surface area (Å²) in [6.07, 6.45) is 0.914. The summed E-state index contributed by atoms with van der Waals surface area (Å²) < 4.78 is 10.4.